The van der Waals surface area contributed by atoms with Crippen LogP contribution in [0.25, 0.3) is 0 Å². The second kappa shape index (κ2) is 12.6. The topological polar surface area (TPSA) is 27.7 Å². The zero-order chi connectivity index (χ0) is 9.73. The summed E-state index contributed by atoms with van der Waals surface area (Å²) in [6.07, 6.45) is 0. The van der Waals surface area contributed by atoms with Crippen molar-refractivity contribution in [3.05, 3.63) is 52.1 Å². The first-order chi connectivity index (χ1) is 6.26. The van der Waals surface area contributed by atoms with E-state index in [4.69, 9.17) is 13.3 Å². The van der Waals surface area contributed by atoms with Crippen LogP contribution in [-0.2, 0) is 40.4 Å². The van der Waals surface area contributed by atoms with Gasteiger partial charge in [-0.05, 0) is 6.04 Å². The van der Waals surface area contributed by atoms with E-state index >= 15 is 0 Å². The van der Waals surface area contributed by atoms with Gasteiger partial charge < -0.3 is 35.6 Å². The second-order valence-corrected chi connectivity index (χ2v) is 5.71. The van der Waals surface area contributed by atoms with Crippen LogP contribution >= 0.6 is 0 Å². The van der Waals surface area contributed by atoms with Crippen LogP contribution in [0.4, 0.5) is 0 Å². The summed E-state index contributed by atoms with van der Waals surface area (Å²) >= 11 is 0. The van der Waals surface area contributed by atoms with Crippen molar-refractivity contribution >= 4 is 8.80 Å². The normalized spacial score (nSPS) is 9.12. The Labute approximate surface area is 122 Å². The fraction of sp³-hybridized carbons (Fsp3) is 0.333. The molecule has 0 radical (unpaired) electrons. The first kappa shape index (κ1) is 25.9. The van der Waals surface area contributed by atoms with Crippen molar-refractivity contribution in [1.82, 2.24) is 0 Å². The van der Waals surface area contributed by atoms with E-state index in [0.29, 0.717) is 0 Å². The van der Waals surface area contributed by atoms with Crippen LogP contribution in [0.2, 0.25) is 0 Å². The van der Waals surface area contributed by atoms with Crippen LogP contribution in [0, 0.1) is 22.3 Å². The van der Waals surface area contributed by atoms with Crippen LogP contribution in [0.3, 0.4) is 0 Å². The molecule has 0 unspecified atom stereocenters. The van der Waals surface area contributed by atoms with Crippen LogP contribution in [0.1, 0.15) is 5.56 Å². The molecule has 17 heavy (non-hydrogen) atoms. The Morgan fingerprint density at radius 3 is 1.53 bits per heavy atom. The summed E-state index contributed by atoms with van der Waals surface area (Å²) in [5.74, 6) is 0. The predicted molar refractivity (Wildman–Crippen MR) is 71.8 cm³/mol. The van der Waals surface area contributed by atoms with E-state index in [1.807, 2.05) is 24.3 Å². The van der Waals surface area contributed by atoms with Gasteiger partial charge in [0.25, 0.3) is 0 Å². The summed E-state index contributed by atoms with van der Waals surface area (Å²) in [7, 11) is 2.46. The Bertz CT molecular complexity index is 228. The van der Waals surface area contributed by atoms with Gasteiger partial charge in [-0.25, -0.2) is 12.1 Å². The maximum absolute atomic E-state index is 5.30. The number of rotatable bonds is 5. The molecule has 0 aromatic heterocycles. The van der Waals surface area contributed by atoms with E-state index in [1.54, 1.807) is 21.3 Å². The molecule has 1 aromatic rings. The minimum atomic E-state index is -2.42. The standard InChI is InChI=1S/C9H15O3Si.3CH3.Pt/c1-10-13(11-2,12-3)8-9-6-4-5-7-9;;;;/h4-7H,8H2,1-3H3;3*1H3;/q4*-1;+4. The summed E-state index contributed by atoms with van der Waals surface area (Å²) in [4.78, 5) is 0. The van der Waals surface area contributed by atoms with Gasteiger partial charge in [-0.2, -0.15) is 17.7 Å². The van der Waals surface area contributed by atoms with Gasteiger partial charge in [-0.1, -0.05) is 0 Å². The van der Waals surface area contributed by atoms with Crippen LogP contribution in [0.5, 0.6) is 0 Å². The fourth-order valence-electron chi connectivity index (χ4n) is 1.25. The third kappa shape index (κ3) is 7.22. The molecule has 0 amide bonds. The van der Waals surface area contributed by atoms with Gasteiger partial charge in [0.15, 0.2) is 0 Å². The van der Waals surface area contributed by atoms with E-state index in [9.17, 15) is 0 Å². The molecule has 0 fully saturated rings. The molecule has 3 nitrogen and oxygen atoms in total. The average Bonchev–Trinajstić information content (AvgIpc) is 2.67. The molecule has 1 rings (SSSR count). The Hall–Kier alpha value is 0.135. The SMILES string of the molecule is CO[Si](C[c-]1cccc1)(OC)OC.[CH3-].[CH3-].[CH3-].[Pt+4]. The minimum Gasteiger partial charge on any atom is -0.377 e. The predicted octanol–water partition coefficient (Wildman–Crippen LogP) is 2.71. The van der Waals surface area contributed by atoms with E-state index in [1.165, 1.54) is 5.56 Å². The third-order valence-corrected chi connectivity index (χ3v) is 4.79. The fourth-order valence-corrected chi connectivity index (χ4v) is 2.92. The van der Waals surface area contributed by atoms with Gasteiger partial charge in [0.05, 0.1) is 0 Å². The molecule has 0 aliphatic rings. The molecular formula is C12H24O3PtSi. The molecule has 0 N–H and O–H groups in total. The van der Waals surface area contributed by atoms with Crippen molar-refractivity contribution in [3.63, 3.8) is 0 Å². The third-order valence-electron chi connectivity index (χ3n) is 2.09. The quantitative estimate of drug-likeness (QED) is 0.522. The summed E-state index contributed by atoms with van der Waals surface area (Å²) in [6.45, 7) is 0. The van der Waals surface area contributed by atoms with E-state index < -0.39 is 8.80 Å². The molecule has 0 aliphatic carbocycles. The monoisotopic (exact) mass is 439 g/mol. The molecular weight excluding hydrogens is 415 g/mol. The molecule has 0 atom stereocenters. The van der Waals surface area contributed by atoms with Crippen LogP contribution in [-0.4, -0.2) is 30.1 Å². The second-order valence-electron chi connectivity index (χ2n) is 2.77. The summed E-state index contributed by atoms with van der Waals surface area (Å²) in [5.41, 5.74) is 1.19. The van der Waals surface area contributed by atoms with Crippen molar-refractivity contribution in [2.45, 2.75) is 6.04 Å². The van der Waals surface area contributed by atoms with Crippen molar-refractivity contribution in [1.29, 1.82) is 0 Å². The molecule has 104 valence electrons. The molecule has 0 heterocycles. The van der Waals surface area contributed by atoms with Gasteiger partial charge >= 0.3 is 29.9 Å². The summed E-state index contributed by atoms with van der Waals surface area (Å²) < 4.78 is 15.9. The molecule has 0 spiro atoms. The molecule has 0 aliphatic heterocycles. The zero-order valence-corrected chi connectivity index (χ0v) is 14.8. The molecule has 1 aromatic carbocycles. The van der Waals surface area contributed by atoms with Gasteiger partial charge in [-0.15, -0.1) is 0 Å². The largest absolute Gasteiger partial charge is 4.00 e. The van der Waals surface area contributed by atoms with Crippen LogP contribution in [0.15, 0.2) is 24.3 Å². The molecule has 5 heteroatoms. The Morgan fingerprint density at radius 1 is 0.882 bits per heavy atom. The maximum atomic E-state index is 5.30. The molecule has 0 bridgehead atoms. The van der Waals surface area contributed by atoms with Gasteiger partial charge in [0, 0.05) is 21.3 Å². The van der Waals surface area contributed by atoms with E-state index in [-0.39, 0.29) is 43.3 Å². The van der Waals surface area contributed by atoms with Crippen molar-refractivity contribution in [2.75, 3.05) is 21.3 Å². The van der Waals surface area contributed by atoms with Crippen molar-refractivity contribution in [3.8, 4) is 0 Å². The van der Waals surface area contributed by atoms with E-state index in [2.05, 4.69) is 0 Å². The minimum absolute atomic E-state index is 0. The Kier molecular flexibility index (Phi) is 19.1. The van der Waals surface area contributed by atoms with Gasteiger partial charge in [-0.3, -0.25) is 0 Å². The smallest absolute Gasteiger partial charge is 0.377 e. The summed E-state index contributed by atoms with van der Waals surface area (Å²) in [6, 6.07) is 8.80. The van der Waals surface area contributed by atoms with Crippen molar-refractivity contribution < 1.29 is 34.3 Å². The molecule has 0 saturated carbocycles. The van der Waals surface area contributed by atoms with Gasteiger partial charge in [0.2, 0.25) is 0 Å². The average molecular weight is 439 g/mol. The number of hydrogen-bond acceptors (Lipinski definition) is 3. The number of hydrogen-bond donors (Lipinski definition) is 0. The van der Waals surface area contributed by atoms with Crippen molar-refractivity contribution in [2.24, 2.45) is 0 Å². The zero-order valence-electron chi connectivity index (χ0n) is 11.6. The Morgan fingerprint density at radius 2 is 1.24 bits per heavy atom. The summed E-state index contributed by atoms with van der Waals surface area (Å²) in [5, 5.41) is 0. The van der Waals surface area contributed by atoms with Crippen LogP contribution < -0.4 is 0 Å². The Balaban J connectivity index is -0.000000211. The maximum Gasteiger partial charge on any atom is 4.00 e. The molecule has 0 saturated heterocycles. The van der Waals surface area contributed by atoms with Gasteiger partial charge in [0.1, 0.15) is 0 Å². The first-order valence-corrected chi connectivity index (χ1v) is 6.05. The van der Waals surface area contributed by atoms with E-state index in [0.717, 1.165) is 6.04 Å². The first-order valence-electron chi connectivity index (χ1n) is 4.12.